The molecule has 0 bridgehead atoms. The minimum Gasteiger partial charge on any atom is -0.496 e. The van der Waals surface area contributed by atoms with E-state index in [-0.39, 0.29) is 19.3 Å². The molecule has 2 unspecified atom stereocenters. The first-order chi connectivity index (χ1) is 20.6. The zero-order chi connectivity index (χ0) is 31.0. The molecule has 9 nitrogen and oxygen atoms in total. The number of rotatable bonds is 15. The summed E-state index contributed by atoms with van der Waals surface area (Å²) in [7, 11) is 1.52. The average molecular weight is 615 g/mol. The Kier molecular flexibility index (Phi) is 11.3. The molecule has 2 aromatic rings. The van der Waals surface area contributed by atoms with Gasteiger partial charge in [0, 0.05) is 49.8 Å². The number of methoxy groups -OCH3 is 1. The van der Waals surface area contributed by atoms with Gasteiger partial charge in [-0.05, 0) is 36.1 Å². The monoisotopic (exact) mass is 614 g/mol. The molecular formula is C33H43ClN2O7. The maximum absolute atomic E-state index is 11.3. The molecule has 3 atom stereocenters. The molecule has 1 fully saturated rings. The Hall–Kier alpha value is -2.92. The van der Waals surface area contributed by atoms with Gasteiger partial charge in [-0.15, -0.1) is 0 Å². The highest BCUT2D eigenvalue weighted by atomic mass is 35.5. The van der Waals surface area contributed by atoms with E-state index in [1.807, 2.05) is 24.3 Å². The highest BCUT2D eigenvalue weighted by molar-refractivity contribution is 6.32. The molecule has 4 N–H and O–H groups in total. The number of aliphatic hydroxyl groups excluding tert-OH is 2. The quantitative estimate of drug-likeness (QED) is 0.219. The molecule has 1 heterocycles. The first kappa shape index (κ1) is 33.0. The molecule has 234 valence electrons. The van der Waals surface area contributed by atoms with Crippen LogP contribution in [0, 0.1) is 5.41 Å². The molecule has 2 aromatic carbocycles. The van der Waals surface area contributed by atoms with Crippen molar-refractivity contribution >= 4 is 23.1 Å². The maximum atomic E-state index is 11.3. The van der Waals surface area contributed by atoms with Crippen LogP contribution in [-0.4, -0.2) is 90.5 Å². The van der Waals surface area contributed by atoms with Crippen LogP contribution in [0.2, 0.25) is 5.02 Å². The third kappa shape index (κ3) is 7.78. The number of likely N-dealkylation sites (tertiary alicyclic amines) is 1. The van der Waals surface area contributed by atoms with Crippen molar-refractivity contribution in [2.24, 2.45) is 5.41 Å². The Morgan fingerprint density at radius 1 is 1.21 bits per heavy atom. The first-order valence-corrected chi connectivity index (χ1v) is 15.0. The molecule has 43 heavy (non-hydrogen) atoms. The molecular weight excluding hydrogens is 572 g/mol. The number of hydrogen-bond donors (Lipinski definition) is 4. The SMILES string of the molecule is COc1cc(OCC2(OCCCN3CC[C@@H](O)C3)C=CC=C(c3ccccc3)C2(C)C)c(Cl)cc1CNC(CO)C(=O)O. The highest BCUT2D eigenvalue weighted by Gasteiger charge is 2.49. The molecule has 0 amide bonds. The molecule has 0 radical (unpaired) electrons. The Bertz CT molecular complexity index is 1300. The fraction of sp³-hybridized carbons (Fsp3) is 0.485. The highest BCUT2D eigenvalue weighted by Crippen LogP contribution is 2.49. The molecule has 1 aliphatic heterocycles. The number of aliphatic hydroxyl groups is 2. The smallest absolute Gasteiger partial charge is 0.323 e. The van der Waals surface area contributed by atoms with Crippen LogP contribution in [0.4, 0.5) is 0 Å². The molecule has 0 saturated carbocycles. The van der Waals surface area contributed by atoms with Crippen molar-refractivity contribution in [3.05, 3.63) is 76.8 Å². The van der Waals surface area contributed by atoms with Crippen LogP contribution >= 0.6 is 11.6 Å². The van der Waals surface area contributed by atoms with E-state index in [4.69, 9.17) is 25.8 Å². The number of allylic oxidation sites excluding steroid dienone is 2. The second-order valence-corrected chi connectivity index (χ2v) is 12.0. The van der Waals surface area contributed by atoms with Gasteiger partial charge in [0.15, 0.2) is 0 Å². The molecule has 4 rings (SSSR count). The van der Waals surface area contributed by atoms with Gasteiger partial charge in [-0.2, -0.15) is 0 Å². The fourth-order valence-corrected chi connectivity index (χ4v) is 5.98. The number of nitrogens with one attached hydrogen (secondary N) is 1. The third-order valence-electron chi connectivity index (χ3n) is 8.47. The summed E-state index contributed by atoms with van der Waals surface area (Å²) in [5.41, 5.74) is 1.55. The number of benzene rings is 2. The predicted octanol–water partition coefficient (Wildman–Crippen LogP) is 4.15. The van der Waals surface area contributed by atoms with Crippen LogP contribution in [0.5, 0.6) is 11.5 Å². The van der Waals surface area contributed by atoms with Crippen molar-refractivity contribution in [3.63, 3.8) is 0 Å². The number of β-amino-alcohol motifs (C(OH)–C–C–N with tert-alkyl or cyclic N) is 1. The van der Waals surface area contributed by atoms with Gasteiger partial charge in [0.25, 0.3) is 0 Å². The number of carboxylic acids is 1. The molecule has 10 heteroatoms. The average Bonchev–Trinajstić information content (AvgIpc) is 3.41. The number of carboxylic acid groups (broad SMARTS) is 1. The summed E-state index contributed by atoms with van der Waals surface area (Å²) in [5.74, 6) is -0.267. The van der Waals surface area contributed by atoms with Gasteiger partial charge < -0.3 is 34.4 Å². The molecule has 1 aliphatic carbocycles. The zero-order valence-corrected chi connectivity index (χ0v) is 25.8. The normalized spacial score (nSPS) is 22.3. The van der Waals surface area contributed by atoms with Crippen LogP contribution in [0.15, 0.2) is 60.7 Å². The van der Waals surface area contributed by atoms with E-state index < -0.39 is 29.6 Å². The van der Waals surface area contributed by atoms with E-state index in [9.17, 15) is 20.1 Å². The Labute approximate surface area is 258 Å². The Morgan fingerprint density at radius 2 is 1.98 bits per heavy atom. The predicted molar refractivity (Wildman–Crippen MR) is 167 cm³/mol. The molecule has 0 spiro atoms. The lowest BCUT2D eigenvalue weighted by Gasteiger charge is -2.47. The number of nitrogens with zero attached hydrogens (tertiary/aromatic N) is 1. The largest absolute Gasteiger partial charge is 0.496 e. The van der Waals surface area contributed by atoms with Crippen molar-refractivity contribution in [3.8, 4) is 11.5 Å². The summed E-state index contributed by atoms with van der Waals surface area (Å²) in [6, 6.07) is 12.5. The number of halogens is 1. The van der Waals surface area contributed by atoms with Crippen LogP contribution in [0.25, 0.3) is 5.57 Å². The van der Waals surface area contributed by atoms with Gasteiger partial charge in [0.05, 0.1) is 24.8 Å². The van der Waals surface area contributed by atoms with Crippen LogP contribution in [0.3, 0.4) is 0 Å². The third-order valence-corrected chi connectivity index (χ3v) is 8.76. The first-order valence-electron chi connectivity index (χ1n) is 14.7. The van der Waals surface area contributed by atoms with E-state index in [0.717, 1.165) is 37.1 Å². The van der Waals surface area contributed by atoms with Gasteiger partial charge in [-0.25, -0.2) is 0 Å². The summed E-state index contributed by atoms with van der Waals surface area (Å²) in [5, 5.41) is 31.6. The van der Waals surface area contributed by atoms with Crippen LogP contribution in [-0.2, 0) is 16.1 Å². The topological polar surface area (TPSA) is 121 Å². The van der Waals surface area contributed by atoms with Gasteiger partial charge in [-0.1, -0.05) is 67.9 Å². The van der Waals surface area contributed by atoms with Crippen molar-refractivity contribution in [2.45, 2.75) is 51.0 Å². The number of carbonyl (C=O) groups is 1. The lowest BCUT2D eigenvalue weighted by Crippen LogP contribution is -2.52. The second kappa shape index (κ2) is 14.7. The molecule has 1 saturated heterocycles. The Balaban J connectivity index is 1.55. The Morgan fingerprint density at radius 3 is 2.63 bits per heavy atom. The van der Waals surface area contributed by atoms with Gasteiger partial charge in [0.2, 0.25) is 0 Å². The van der Waals surface area contributed by atoms with Gasteiger partial charge in [-0.3, -0.25) is 10.1 Å². The van der Waals surface area contributed by atoms with E-state index in [1.165, 1.54) is 7.11 Å². The van der Waals surface area contributed by atoms with Crippen molar-refractivity contribution in [1.82, 2.24) is 10.2 Å². The number of aliphatic carboxylic acids is 1. The van der Waals surface area contributed by atoms with Gasteiger partial charge >= 0.3 is 5.97 Å². The minimum absolute atomic E-state index is 0.128. The number of ether oxygens (including phenoxy) is 3. The summed E-state index contributed by atoms with van der Waals surface area (Å²) < 4.78 is 18.7. The number of hydrogen-bond acceptors (Lipinski definition) is 8. The molecule has 2 aliphatic rings. The summed E-state index contributed by atoms with van der Waals surface area (Å²) in [4.78, 5) is 13.6. The van der Waals surface area contributed by atoms with Crippen molar-refractivity contribution < 1.29 is 34.3 Å². The van der Waals surface area contributed by atoms with Crippen molar-refractivity contribution in [2.75, 3.05) is 46.6 Å². The second-order valence-electron chi connectivity index (χ2n) is 11.6. The summed E-state index contributed by atoms with van der Waals surface area (Å²) in [6.07, 6.45) is 7.56. The molecule has 0 aromatic heterocycles. The summed E-state index contributed by atoms with van der Waals surface area (Å²) in [6.45, 7) is 7.02. The van der Waals surface area contributed by atoms with Crippen LogP contribution < -0.4 is 14.8 Å². The standard InChI is InChI=1S/C33H43ClN2O7/c1-32(2)26(23-9-5-4-6-10-23)11-7-13-33(32,43-16-8-14-36-15-12-25(38)20-36)22-42-30-18-29(41-3)24(17-27(30)34)19-35-28(21-37)31(39)40/h4-7,9-11,13,17-18,25,28,35,37-38H,8,12,14-16,19-22H2,1-3H3,(H,39,40)/t25-,28?,33?/m1/s1. The fourth-order valence-electron chi connectivity index (χ4n) is 5.74. The minimum atomic E-state index is -1.15. The summed E-state index contributed by atoms with van der Waals surface area (Å²) >= 11 is 6.67. The lowest BCUT2D eigenvalue weighted by molar-refractivity contribution is -0.140. The van der Waals surface area contributed by atoms with E-state index in [1.54, 1.807) is 12.1 Å². The van der Waals surface area contributed by atoms with E-state index in [0.29, 0.717) is 35.2 Å². The lowest BCUT2D eigenvalue weighted by atomic mass is 9.65. The van der Waals surface area contributed by atoms with E-state index >= 15 is 0 Å². The maximum Gasteiger partial charge on any atom is 0.323 e. The van der Waals surface area contributed by atoms with Crippen LogP contribution in [0.1, 0.15) is 37.8 Å². The zero-order valence-electron chi connectivity index (χ0n) is 25.1. The van der Waals surface area contributed by atoms with Gasteiger partial charge in [0.1, 0.15) is 29.7 Å². The van der Waals surface area contributed by atoms with Crippen molar-refractivity contribution in [1.29, 1.82) is 0 Å². The van der Waals surface area contributed by atoms with E-state index in [2.05, 4.69) is 48.3 Å².